The molecule has 4 aromatic rings. The normalized spacial score (nSPS) is 11.3. The summed E-state index contributed by atoms with van der Waals surface area (Å²) < 4.78 is 8.44. The van der Waals surface area contributed by atoms with Gasteiger partial charge in [0.25, 0.3) is 0 Å². The highest BCUT2D eigenvalue weighted by Crippen LogP contribution is 2.20. The summed E-state index contributed by atoms with van der Waals surface area (Å²) in [5.74, 6) is 1.78. The fourth-order valence-electron chi connectivity index (χ4n) is 4.99. The van der Waals surface area contributed by atoms with Crippen molar-refractivity contribution in [3.05, 3.63) is 84.4 Å². The third kappa shape index (κ3) is 10.1. The molecule has 0 radical (unpaired) electrons. The zero-order valence-electron chi connectivity index (χ0n) is 25.3. The van der Waals surface area contributed by atoms with Crippen LogP contribution in [0.25, 0.3) is 0 Å². The van der Waals surface area contributed by atoms with Gasteiger partial charge in [0.15, 0.2) is 0 Å². The first kappa shape index (κ1) is 35.3. The van der Waals surface area contributed by atoms with Gasteiger partial charge < -0.3 is 0 Å². The second kappa shape index (κ2) is 18.6. The summed E-state index contributed by atoms with van der Waals surface area (Å²) in [5, 5.41) is 18.0. The molecule has 2 aromatic carbocycles. The van der Waals surface area contributed by atoms with Crippen molar-refractivity contribution in [3.8, 4) is 0 Å². The SMILES string of the molecule is C.C.CCn1cc[n+](CC)c1N=Nc1ccc(CCCCCCCc2ccc(N=Nc3n(CC)cc[n+]3CC)cc2)cc1. The Morgan fingerprint density at radius 1 is 0.512 bits per heavy atom. The molecule has 8 nitrogen and oxygen atoms in total. The molecule has 0 aliphatic heterocycles. The number of rotatable bonds is 16. The first-order valence-corrected chi connectivity index (χ1v) is 15.3. The van der Waals surface area contributed by atoms with Gasteiger partial charge in [-0.2, -0.15) is 0 Å². The molecule has 0 amide bonds. The van der Waals surface area contributed by atoms with Crippen LogP contribution in [-0.2, 0) is 39.0 Å². The largest absolute Gasteiger partial charge is 0.421 e. The van der Waals surface area contributed by atoms with E-state index in [0.717, 1.165) is 62.3 Å². The first-order chi connectivity index (χ1) is 20.1. The summed E-state index contributed by atoms with van der Waals surface area (Å²) in [6.45, 7) is 12.0. The number of unbranched alkanes of at least 4 members (excludes halogenated alkanes) is 4. The molecule has 43 heavy (non-hydrogen) atoms. The predicted octanol–water partition coefficient (Wildman–Crippen LogP) is 9.78. The zero-order valence-corrected chi connectivity index (χ0v) is 25.3. The Morgan fingerprint density at radius 2 is 0.884 bits per heavy atom. The molecule has 0 bridgehead atoms. The number of nitrogens with zero attached hydrogens (tertiary/aromatic N) is 8. The van der Waals surface area contributed by atoms with Gasteiger partial charge in [-0.05, 0) is 88.8 Å². The number of azo groups is 2. The fraction of sp³-hybridized carbons (Fsp3) is 0.486. The molecule has 0 atom stereocenters. The van der Waals surface area contributed by atoms with E-state index in [1.807, 2.05) is 0 Å². The molecule has 2 heterocycles. The molecule has 2 aromatic heterocycles. The van der Waals surface area contributed by atoms with E-state index in [0.29, 0.717) is 0 Å². The monoisotopic (exact) mass is 586 g/mol. The quantitative estimate of drug-likeness (QED) is 0.0712. The van der Waals surface area contributed by atoms with Crippen LogP contribution in [0.3, 0.4) is 0 Å². The summed E-state index contributed by atoms with van der Waals surface area (Å²) in [7, 11) is 0. The Balaban J connectivity index is 0.00000323. The van der Waals surface area contributed by atoms with Crippen molar-refractivity contribution in [1.29, 1.82) is 0 Å². The summed E-state index contributed by atoms with van der Waals surface area (Å²) in [4.78, 5) is 0. The minimum atomic E-state index is 0. The lowest BCUT2D eigenvalue weighted by Crippen LogP contribution is -2.30. The van der Waals surface area contributed by atoms with E-state index < -0.39 is 0 Å². The highest BCUT2D eigenvalue weighted by Gasteiger charge is 2.15. The number of hydrogen-bond acceptors (Lipinski definition) is 4. The molecule has 0 saturated heterocycles. The zero-order chi connectivity index (χ0) is 28.9. The summed E-state index contributed by atoms with van der Waals surface area (Å²) >= 11 is 0. The Kier molecular flexibility index (Phi) is 15.2. The van der Waals surface area contributed by atoms with Crippen molar-refractivity contribution in [2.75, 3.05) is 0 Å². The highest BCUT2D eigenvalue weighted by atomic mass is 15.3. The van der Waals surface area contributed by atoms with Crippen LogP contribution in [0.15, 0.2) is 93.8 Å². The van der Waals surface area contributed by atoms with E-state index in [2.05, 4.69) is 140 Å². The second-order valence-corrected chi connectivity index (χ2v) is 10.3. The van der Waals surface area contributed by atoms with Crippen LogP contribution in [0.4, 0.5) is 23.3 Å². The molecule has 0 aliphatic rings. The summed E-state index contributed by atoms with van der Waals surface area (Å²) in [6, 6.07) is 17.1. The van der Waals surface area contributed by atoms with Crippen molar-refractivity contribution in [1.82, 2.24) is 9.13 Å². The molecule has 8 heteroatoms. The topological polar surface area (TPSA) is 67.1 Å². The van der Waals surface area contributed by atoms with E-state index in [1.165, 1.54) is 43.2 Å². The fourth-order valence-corrected chi connectivity index (χ4v) is 4.99. The summed E-state index contributed by atoms with van der Waals surface area (Å²) in [6.07, 6.45) is 16.7. The number of aryl methyl sites for hydroxylation is 6. The van der Waals surface area contributed by atoms with E-state index in [9.17, 15) is 0 Å². The lowest BCUT2D eigenvalue weighted by molar-refractivity contribution is -0.680. The summed E-state index contributed by atoms with van der Waals surface area (Å²) in [5.41, 5.74) is 4.53. The van der Waals surface area contributed by atoms with E-state index in [4.69, 9.17) is 0 Å². The minimum absolute atomic E-state index is 0. The first-order valence-electron chi connectivity index (χ1n) is 15.3. The van der Waals surface area contributed by atoms with Crippen LogP contribution >= 0.6 is 0 Å². The van der Waals surface area contributed by atoms with Gasteiger partial charge in [-0.3, -0.25) is 0 Å². The van der Waals surface area contributed by atoms with Gasteiger partial charge in [-0.25, -0.2) is 18.3 Å². The Hall–Kier alpha value is -3.94. The number of imidazole rings is 2. The van der Waals surface area contributed by atoms with Gasteiger partial charge in [0.05, 0.1) is 51.0 Å². The maximum atomic E-state index is 4.51. The molecule has 0 aliphatic carbocycles. The van der Waals surface area contributed by atoms with Gasteiger partial charge in [0.2, 0.25) is 0 Å². The van der Waals surface area contributed by atoms with Gasteiger partial charge in [-0.1, -0.05) is 68.6 Å². The van der Waals surface area contributed by atoms with Gasteiger partial charge >= 0.3 is 11.9 Å². The standard InChI is InChI=1S/C33H46N8.2CH4/c1-5-38-24-25-39(6-2)32(38)36-34-30-20-16-28(17-21-30)14-12-10-9-11-13-15-29-18-22-31(23-19-29)35-37-33-40(7-3)26-27-41(33)8-4;;/h16-27H,5-15H2,1-4H3;2*1H4/q+2;;. The molecular weight excluding hydrogens is 532 g/mol. The van der Waals surface area contributed by atoms with Gasteiger partial charge in [0, 0.05) is 10.2 Å². The molecule has 0 fully saturated rings. The van der Waals surface area contributed by atoms with Gasteiger partial charge in [-0.15, -0.1) is 0 Å². The predicted molar refractivity (Wildman–Crippen MR) is 177 cm³/mol. The average Bonchev–Trinajstić information content (AvgIpc) is 3.62. The molecule has 4 rings (SSSR count). The molecule has 0 N–H and O–H groups in total. The van der Waals surface area contributed by atoms with E-state index in [1.54, 1.807) is 0 Å². The number of hydrogen-bond donors (Lipinski definition) is 0. The van der Waals surface area contributed by atoms with E-state index >= 15 is 0 Å². The van der Waals surface area contributed by atoms with Crippen molar-refractivity contribution < 1.29 is 9.13 Å². The smallest absolute Gasteiger partial charge is 0.231 e. The highest BCUT2D eigenvalue weighted by molar-refractivity contribution is 5.39. The van der Waals surface area contributed by atoms with Crippen LogP contribution in [0.2, 0.25) is 0 Å². The molecule has 0 spiro atoms. The Bertz CT molecular complexity index is 1240. The van der Waals surface area contributed by atoms with Crippen LogP contribution < -0.4 is 9.13 Å². The number of aromatic nitrogens is 4. The van der Waals surface area contributed by atoms with Crippen molar-refractivity contribution in [3.63, 3.8) is 0 Å². The Morgan fingerprint density at radius 3 is 1.23 bits per heavy atom. The maximum absolute atomic E-state index is 4.51. The number of benzene rings is 2. The van der Waals surface area contributed by atoms with Crippen molar-refractivity contribution >= 4 is 23.3 Å². The molecule has 232 valence electrons. The van der Waals surface area contributed by atoms with E-state index in [-0.39, 0.29) is 14.9 Å². The maximum Gasteiger partial charge on any atom is 0.421 e. The van der Waals surface area contributed by atoms with Crippen molar-refractivity contribution in [2.45, 2.75) is 114 Å². The van der Waals surface area contributed by atoms with Crippen molar-refractivity contribution in [2.24, 2.45) is 20.5 Å². The van der Waals surface area contributed by atoms with Gasteiger partial charge in [0.1, 0.15) is 11.4 Å². The lowest BCUT2D eigenvalue weighted by atomic mass is 10.0. The minimum Gasteiger partial charge on any atom is -0.231 e. The van der Waals surface area contributed by atoms with Crippen LogP contribution in [0, 0.1) is 0 Å². The van der Waals surface area contributed by atoms with Crippen LogP contribution in [0.1, 0.15) is 85.8 Å². The lowest BCUT2D eigenvalue weighted by Gasteiger charge is -2.04. The van der Waals surface area contributed by atoms with Crippen LogP contribution in [-0.4, -0.2) is 9.13 Å². The Labute approximate surface area is 259 Å². The second-order valence-electron chi connectivity index (χ2n) is 10.3. The third-order valence-electron chi connectivity index (χ3n) is 7.56. The molecule has 0 unspecified atom stereocenters. The molecular formula is C35H54N8+2. The average molecular weight is 587 g/mol. The third-order valence-corrected chi connectivity index (χ3v) is 7.56. The molecule has 0 saturated carbocycles. The van der Waals surface area contributed by atoms with Crippen LogP contribution in [0.5, 0.6) is 0 Å².